The number of hydrogen-bond acceptors (Lipinski definition) is 2. The molecular weight excluding hydrogens is 244 g/mol. The molecule has 2 heterocycles. The molecule has 0 saturated heterocycles. The van der Waals surface area contributed by atoms with Gasteiger partial charge in [-0.2, -0.15) is 0 Å². The Morgan fingerprint density at radius 3 is 2.76 bits per heavy atom. The molecule has 2 rings (SSSR count). The Bertz CT molecular complexity index is 487. The SMILES string of the molecule is CCC(C)(C)/C=C/c1cc(-c2cccs2)cs1. The van der Waals surface area contributed by atoms with E-state index in [0.717, 1.165) is 0 Å². The summed E-state index contributed by atoms with van der Waals surface area (Å²) in [6.45, 7) is 6.78. The topological polar surface area (TPSA) is 0 Å². The molecule has 0 amide bonds. The number of allylic oxidation sites excluding steroid dienone is 1. The van der Waals surface area contributed by atoms with Crippen LogP contribution in [0.1, 0.15) is 32.1 Å². The summed E-state index contributed by atoms with van der Waals surface area (Å²) in [5.41, 5.74) is 1.64. The molecule has 0 spiro atoms. The van der Waals surface area contributed by atoms with E-state index < -0.39 is 0 Å². The van der Waals surface area contributed by atoms with Gasteiger partial charge in [-0.3, -0.25) is 0 Å². The predicted molar refractivity (Wildman–Crippen MR) is 80.7 cm³/mol. The molecule has 17 heavy (non-hydrogen) atoms. The normalized spacial score (nSPS) is 12.4. The van der Waals surface area contributed by atoms with Gasteiger partial charge in [0.2, 0.25) is 0 Å². The molecule has 0 aromatic carbocycles. The van der Waals surface area contributed by atoms with Crippen molar-refractivity contribution in [2.75, 3.05) is 0 Å². The highest BCUT2D eigenvalue weighted by molar-refractivity contribution is 7.15. The van der Waals surface area contributed by atoms with Crippen LogP contribution in [-0.2, 0) is 0 Å². The Morgan fingerprint density at radius 1 is 1.29 bits per heavy atom. The number of rotatable bonds is 4. The molecule has 0 bridgehead atoms. The second kappa shape index (κ2) is 5.19. The standard InChI is InChI=1S/C15H18S2/c1-4-15(2,3)8-7-13-10-12(11-17-13)14-6-5-9-16-14/h5-11H,4H2,1-3H3/b8-7+. The largest absolute Gasteiger partial charge is 0.144 e. The minimum Gasteiger partial charge on any atom is -0.144 e. The van der Waals surface area contributed by atoms with Gasteiger partial charge >= 0.3 is 0 Å². The van der Waals surface area contributed by atoms with E-state index >= 15 is 0 Å². The monoisotopic (exact) mass is 262 g/mol. The zero-order valence-corrected chi connectivity index (χ0v) is 12.2. The third-order valence-electron chi connectivity index (χ3n) is 3.04. The fraction of sp³-hybridized carbons (Fsp3) is 0.333. The summed E-state index contributed by atoms with van der Waals surface area (Å²) in [4.78, 5) is 2.70. The van der Waals surface area contributed by atoms with E-state index in [1.54, 1.807) is 11.3 Å². The lowest BCUT2D eigenvalue weighted by atomic mass is 9.90. The second-order valence-electron chi connectivity index (χ2n) is 4.89. The van der Waals surface area contributed by atoms with Crippen molar-refractivity contribution in [3.05, 3.63) is 39.9 Å². The average Bonchev–Trinajstić information content (AvgIpc) is 2.97. The van der Waals surface area contributed by atoms with Crippen LogP contribution in [0.5, 0.6) is 0 Å². The Hall–Kier alpha value is -0.860. The summed E-state index contributed by atoms with van der Waals surface area (Å²) in [6, 6.07) is 6.56. The molecule has 0 aliphatic rings. The third-order valence-corrected chi connectivity index (χ3v) is 4.85. The fourth-order valence-corrected chi connectivity index (χ4v) is 3.03. The molecule has 0 aliphatic carbocycles. The van der Waals surface area contributed by atoms with Gasteiger partial charge in [0.05, 0.1) is 0 Å². The molecule has 2 aromatic rings. The first kappa shape index (κ1) is 12.6. The van der Waals surface area contributed by atoms with Gasteiger partial charge in [-0.05, 0) is 40.8 Å². The molecule has 0 N–H and O–H groups in total. The van der Waals surface area contributed by atoms with Crippen molar-refractivity contribution in [2.24, 2.45) is 5.41 Å². The number of hydrogen-bond donors (Lipinski definition) is 0. The van der Waals surface area contributed by atoms with E-state index in [4.69, 9.17) is 0 Å². The highest BCUT2D eigenvalue weighted by atomic mass is 32.1. The summed E-state index contributed by atoms with van der Waals surface area (Å²) < 4.78 is 0. The maximum absolute atomic E-state index is 2.32. The van der Waals surface area contributed by atoms with Crippen LogP contribution in [-0.4, -0.2) is 0 Å². The van der Waals surface area contributed by atoms with Crippen LogP contribution < -0.4 is 0 Å². The lowest BCUT2D eigenvalue weighted by molar-refractivity contribution is 0.464. The van der Waals surface area contributed by atoms with Gasteiger partial charge in [-0.1, -0.05) is 32.9 Å². The first-order valence-corrected chi connectivity index (χ1v) is 7.68. The Balaban J connectivity index is 2.15. The zero-order chi connectivity index (χ0) is 12.3. The molecule has 0 radical (unpaired) electrons. The number of thiophene rings is 2. The molecule has 90 valence electrons. The van der Waals surface area contributed by atoms with E-state index in [1.807, 2.05) is 11.3 Å². The molecule has 0 nitrogen and oxygen atoms in total. The van der Waals surface area contributed by atoms with Crippen LogP contribution in [0.4, 0.5) is 0 Å². The van der Waals surface area contributed by atoms with Crippen LogP contribution in [0.15, 0.2) is 35.0 Å². The van der Waals surface area contributed by atoms with E-state index in [-0.39, 0.29) is 0 Å². The minimum absolute atomic E-state index is 0.299. The van der Waals surface area contributed by atoms with Crippen LogP contribution >= 0.6 is 22.7 Å². The lowest BCUT2D eigenvalue weighted by Gasteiger charge is -2.16. The predicted octanol–water partition coefficient (Wildman–Crippen LogP) is 5.93. The van der Waals surface area contributed by atoms with E-state index in [1.165, 1.54) is 21.7 Å². The summed E-state index contributed by atoms with van der Waals surface area (Å²) in [6.07, 6.45) is 5.75. The maximum atomic E-state index is 2.32. The van der Waals surface area contributed by atoms with Crippen molar-refractivity contribution in [1.29, 1.82) is 0 Å². The molecule has 0 unspecified atom stereocenters. The molecule has 0 saturated carbocycles. The molecule has 0 aliphatic heterocycles. The molecular formula is C15H18S2. The zero-order valence-electron chi connectivity index (χ0n) is 10.6. The summed E-state index contributed by atoms with van der Waals surface area (Å²) in [7, 11) is 0. The van der Waals surface area contributed by atoms with Gasteiger partial charge in [0.15, 0.2) is 0 Å². The van der Waals surface area contributed by atoms with Crippen molar-refractivity contribution in [2.45, 2.75) is 27.2 Å². The van der Waals surface area contributed by atoms with Crippen LogP contribution in [0.3, 0.4) is 0 Å². The van der Waals surface area contributed by atoms with Gasteiger partial charge < -0.3 is 0 Å². The first-order chi connectivity index (χ1) is 8.11. The third kappa shape index (κ3) is 3.30. The highest BCUT2D eigenvalue weighted by Gasteiger charge is 2.10. The Labute approximate surface area is 112 Å². The fourth-order valence-electron chi connectivity index (χ4n) is 1.44. The molecule has 0 fully saturated rings. The van der Waals surface area contributed by atoms with Crippen molar-refractivity contribution >= 4 is 28.7 Å². The van der Waals surface area contributed by atoms with Crippen LogP contribution in [0.25, 0.3) is 16.5 Å². The Kier molecular flexibility index (Phi) is 3.85. The van der Waals surface area contributed by atoms with Gasteiger partial charge in [0, 0.05) is 15.3 Å². The van der Waals surface area contributed by atoms with Crippen molar-refractivity contribution in [3.8, 4) is 10.4 Å². The lowest BCUT2D eigenvalue weighted by Crippen LogP contribution is -2.03. The summed E-state index contributed by atoms with van der Waals surface area (Å²) in [5, 5.41) is 4.37. The minimum atomic E-state index is 0.299. The smallest absolute Gasteiger partial charge is 0.0351 e. The van der Waals surface area contributed by atoms with Crippen LogP contribution in [0, 0.1) is 5.41 Å². The van der Waals surface area contributed by atoms with Gasteiger partial charge in [-0.15, -0.1) is 22.7 Å². The van der Waals surface area contributed by atoms with E-state index in [9.17, 15) is 0 Å². The van der Waals surface area contributed by atoms with Gasteiger partial charge in [0.25, 0.3) is 0 Å². The Morgan fingerprint density at radius 2 is 2.12 bits per heavy atom. The van der Waals surface area contributed by atoms with Crippen LogP contribution in [0.2, 0.25) is 0 Å². The van der Waals surface area contributed by atoms with E-state index in [0.29, 0.717) is 5.41 Å². The van der Waals surface area contributed by atoms with Crippen molar-refractivity contribution in [3.63, 3.8) is 0 Å². The average molecular weight is 262 g/mol. The summed E-state index contributed by atoms with van der Waals surface area (Å²) >= 11 is 3.62. The van der Waals surface area contributed by atoms with Gasteiger partial charge in [-0.25, -0.2) is 0 Å². The molecule has 0 atom stereocenters. The molecule has 2 aromatic heterocycles. The second-order valence-corrected chi connectivity index (χ2v) is 6.78. The van der Waals surface area contributed by atoms with Gasteiger partial charge in [0.1, 0.15) is 0 Å². The quantitative estimate of drug-likeness (QED) is 0.641. The first-order valence-electron chi connectivity index (χ1n) is 5.92. The van der Waals surface area contributed by atoms with E-state index in [2.05, 4.69) is 61.9 Å². The van der Waals surface area contributed by atoms with Crippen molar-refractivity contribution in [1.82, 2.24) is 0 Å². The molecule has 2 heteroatoms. The van der Waals surface area contributed by atoms with Crippen molar-refractivity contribution < 1.29 is 0 Å². The highest BCUT2D eigenvalue weighted by Crippen LogP contribution is 2.31. The maximum Gasteiger partial charge on any atom is 0.0351 e. The summed E-state index contributed by atoms with van der Waals surface area (Å²) in [5.74, 6) is 0.